The molecule has 0 unspecified atom stereocenters. The number of nitrogens with zero attached hydrogens (tertiary/aromatic N) is 1. The fourth-order valence-electron chi connectivity index (χ4n) is 4.83. The molecule has 6 nitrogen and oxygen atoms in total. The number of aryl methyl sites for hydroxylation is 1. The maximum Gasteiger partial charge on any atom is 0.309 e. The van der Waals surface area contributed by atoms with Crippen LogP contribution in [0, 0.1) is 24.2 Å². The summed E-state index contributed by atoms with van der Waals surface area (Å²) in [5, 5.41) is 2.98. The average Bonchev–Trinajstić information content (AvgIpc) is 3.23. The van der Waals surface area contributed by atoms with E-state index < -0.39 is 23.6 Å². The molecule has 0 spiro atoms. The van der Waals surface area contributed by atoms with E-state index in [-0.39, 0.29) is 30.1 Å². The number of carbonyl (C=O) groups excluding carboxylic acids is 2. The molecule has 2 heterocycles. The zero-order valence-corrected chi connectivity index (χ0v) is 24.1. The van der Waals surface area contributed by atoms with Gasteiger partial charge in [-0.1, -0.05) is 51.5 Å². The molecule has 0 bridgehead atoms. The Morgan fingerprint density at radius 2 is 1.89 bits per heavy atom. The fraction of sp³-hybridized carbons (Fsp3) is 0.621. The van der Waals surface area contributed by atoms with Gasteiger partial charge in [-0.2, -0.15) is 0 Å². The molecule has 0 N–H and O–H groups in total. The summed E-state index contributed by atoms with van der Waals surface area (Å²) in [6.07, 6.45) is 8.32. The van der Waals surface area contributed by atoms with Crippen LogP contribution >= 0.6 is 11.3 Å². The number of rotatable bonds is 4. The molecular formula is C29H43NO5S. The van der Waals surface area contributed by atoms with E-state index in [1.807, 2.05) is 46.1 Å². The van der Waals surface area contributed by atoms with Gasteiger partial charge in [-0.05, 0) is 38.8 Å². The van der Waals surface area contributed by atoms with Gasteiger partial charge in [0.25, 0.3) is 0 Å². The van der Waals surface area contributed by atoms with E-state index >= 15 is 0 Å². The van der Waals surface area contributed by atoms with Gasteiger partial charge in [-0.3, -0.25) is 9.59 Å². The predicted molar refractivity (Wildman–Crippen MR) is 146 cm³/mol. The average molecular weight is 518 g/mol. The highest BCUT2D eigenvalue weighted by molar-refractivity contribution is 7.09. The summed E-state index contributed by atoms with van der Waals surface area (Å²) >= 11 is 1.59. The highest BCUT2D eigenvalue weighted by Gasteiger charge is 2.43. The quantitative estimate of drug-likeness (QED) is 0.342. The van der Waals surface area contributed by atoms with Gasteiger partial charge in [0.05, 0.1) is 34.7 Å². The molecule has 5 atom stereocenters. The Labute approximate surface area is 220 Å². The van der Waals surface area contributed by atoms with E-state index in [4.69, 9.17) is 14.2 Å². The summed E-state index contributed by atoms with van der Waals surface area (Å²) in [7, 11) is 3.18. The van der Waals surface area contributed by atoms with E-state index in [2.05, 4.69) is 37.1 Å². The second kappa shape index (κ2) is 13.5. The Kier molecular flexibility index (Phi) is 11.3. The summed E-state index contributed by atoms with van der Waals surface area (Å²) in [4.78, 5) is 31.3. The van der Waals surface area contributed by atoms with Crippen LogP contribution in [0.25, 0.3) is 6.08 Å². The van der Waals surface area contributed by atoms with E-state index in [9.17, 15) is 9.59 Å². The van der Waals surface area contributed by atoms with Gasteiger partial charge in [0, 0.05) is 37.9 Å². The first kappa shape index (κ1) is 30.1. The minimum Gasteiger partial charge on any atom is -0.457 e. The lowest BCUT2D eigenvalue weighted by molar-refractivity contribution is -0.156. The zero-order valence-electron chi connectivity index (χ0n) is 23.3. The number of Topliss-reactive ketones (excluding diaryl/α,β-unsaturated/α-hetero) is 1. The Morgan fingerprint density at radius 3 is 2.47 bits per heavy atom. The molecule has 1 aliphatic rings. The highest BCUT2D eigenvalue weighted by Crippen LogP contribution is 2.34. The summed E-state index contributed by atoms with van der Waals surface area (Å²) in [6, 6.07) is 0. The summed E-state index contributed by atoms with van der Waals surface area (Å²) in [6.45, 7) is 13.6. The monoisotopic (exact) mass is 517 g/mol. The first-order chi connectivity index (χ1) is 16.9. The number of thiazole rings is 1. The normalized spacial score (nSPS) is 29.1. The van der Waals surface area contributed by atoms with Gasteiger partial charge < -0.3 is 14.2 Å². The molecule has 0 amide bonds. The molecular weight excluding hydrogens is 474 g/mol. The molecule has 0 aliphatic carbocycles. The van der Waals surface area contributed by atoms with Crippen LogP contribution in [0.5, 0.6) is 0 Å². The highest BCUT2D eigenvalue weighted by atomic mass is 32.1. The minimum absolute atomic E-state index is 0.00366. The first-order valence-electron chi connectivity index (χ1n) is 12.6. The number of ether oxygens (including phenoxy) is 3. The van der Waals surface area contributed by atoms with Crippen molar-refractivity contribution in [2.75, 3.05) is 14.2 Å². The maximum absolute atomic E-state index is 13.6. The van der Waals surface area contributed by atoms with Crippen molar-refractivity contribution >= 4 is 29.2 Å². The third-order valence-electron chi connectivity index (χ3n) is 7.13. The molecule has 1 aliphatic heterocycles. The number of carbonyl (C=O) groups is 2. The van der Waals surface area contributed by atoms with Crippen molar-refractivity contribution < 1.29 is 23.8 Å². The van der Waals surface area contributed by atoms with Gasteiger partial charge in [0.2, 0.25) is 0 Å². The minimum atomic E-state index is -0.903. The van der Waals surface area contributed by atoms with Crippen LogP contribution in [0.1, 0.15) is 71.5 Å². The number of methoxy groups -OCH3 is 2. The van der Waals surface area contributed by atoms with E-state index in [1.165, 1.54) is 12.7 Å². The van der Waals surface area contributed by atoms with E-state index in [1.54, 1.807) is 18.4 Å². The van der Waals surface area contributed by atoms with Crippen molar-refractivity contribution in [1.29, 1.82) is 0 Å². The Hall–Kier alpha value is -2.09. The van der Waals surface area contributed by atoms with Crippen LogP contribution in [-0.4, -0.2) is 49.3 Å². The Bertz CT molecular complexity index is 990. The van der Waals surface area contributed by atoms with Gasteiger partial charge in [0.15, 0.2) is 0 Å². The molecule has 7 heteroatoms. The summed E-state index contributed by atoms with van der Waals surface area (Å²) < 4.78 is 17.4. The molecule has 200 valence electrons. The van der Waals surface area contributed by atoms with Crippen molar-refractivity contribution in [3.63, 3.8) is 0 Å². The number of hydrogen-bond donors (Lipinski definition) is 0. The van der Waals surface area contributed by atoms with Crippen molar-refractivity contribution in [2.24, 2.45) is 17.3 Å². The predicted octanol–water partition coefficient (Wildman–Crippen LogP) is 6.35. The molecule has 0 fully saturated rings. The van der Waals surface area contributed by atoms with Crippen LogP contribution in [0.15, 0.2) is 34.8 Å². The molecule has 1 aromatic rings. The van der Waals surface area contributed by atoms with E-state index in [0.29, 0.717) is 6.42 Å². The molecule has 0 saturated heterocycles. The lowest BCUT2D eigenvalue weighted by Crippen LogP contribution is -2.46. The van der Waals surface area contributed by atoms with Gasteiger partial charge in [-0.25, -0.2) is 4.98 Å². The lowest BCUT2D eigenvalue weighted by atomic mass is 9.73. The molecule has 0 saturated carbocycles. The molecule has 2 rings (SSSR count). The largest absolute Gasteiger partial charge is 0.457 e. The molecule has 36 heavy (non-hydrogen) atoms. The van der Waals surface area contributed by atoms with Crippen LogP contribution in [0.2, 0.25) is 0 Å². The number of allylic oxidation sites excluding steroid dienone is 2. The van der Waals surface area contributed by atoms with E-state index in [0.717, 1.165) is 22.7 Å². The summed E-state index contributed by atoms with van der Waals surface area (Å²) in [5.74, 6) is -0.709. The first-order valence-corrected chi connectivity index (χ1v) is 13.5. The third kappa shape index (κ3) is 7.95. The van der Waals surface area contributed by atoms with Crippen molar-refractivity contribution in [3.8, 4) is 0 Å². The molecule has 0 aromatic carbocycles. The SMILES string of the molecule is CO[C@H]1[C@@H](C)C=CCC(C)=CC[C@@H](C(C)=Cc2csc(C)n2)OC(=O)C[C@H](OC)C(C)(C)C(=O)[C@@H]1C. The Morgan fingerprint density at radius 1 is 1.19 bits per heavy atom. The Balaban J connectivity index is 2.44. The van der Waals surface area contributed by atoms with Gasteiger partial charge in [0.1, 0.15) is 11.9 Å². The smallest absolute Gasteiger partial charge is 0.309 e. The number of esters is 1. The second-order valence-electron chi connectivity index (χ2n) is 10.4. The number of ketones is 1. The zero-order chi connectivity index (χ0) is 27.0. The fourth-order valence-corrected chi connectivity index (χ4v) is 5.40. The van der Waals surface area contributed by atoms with Gasteiger partial charge >= 0.3 is 5.97 Å². The maximum atomic E-state index is 13.6. The molecule has 0 radical (unpaired) electrons. The van der Waals surface area contributed by atoms with Gasteiger partial charge in [-0.15, -0.1) is 11.3 Å². The number of cyclic esters (lactones) is 1. The summed E-state index contributed by atoms with van der Waals surface area (Å²) in [5.41, 5.74) is 2.06. The standard InChI is InChI=1S/C29H43NO5S/c1-18-11-10-12-19(2)27(34-9)21(4)28(32)29(6,7)25(33-8)16-26(31)35-24(14-13-18)20(3)15-23-17-36-22(5)30-23/h10,12-13,15,17,19,21,24-25,27H,11,14,16H2,1-9H3/t19-,21+,24-,25-,27-/m0/s1. The third-order valence-corrected chi connectivity index (χ3v) is 7.92. The lowest BCUT2D eigenvalue weighted by Gasteiger charge is -2.36. The number of aromatic nitrogens is 1. The van der Waals surface area contributed by atoms with Crippen LogP contribution in [0.4, 0.5) is 0 Å². The topological polar surface area (TPSA) is 74.7 Å². The second-order valence-corrected chi connectivity index (χ2v) is 11.5. The van der Waals surface area contributed by atoms with Crippen LogP contribution < -0.4 is 0 Å². The van der Waals surface area contributed by atoms with Crippen molar-refractivity contribution in [3.05, 3.63) is 45.5 Å². The van der Waals surface area contributed by atoms with Crippen LogP contribution in [0.3, 0.4) is 0 Å². The van der Waals surface area contributed by atoms with Crippen molar-refractivity contribution in [1.82, 2.24) is 4.98 Å². The molecule has 1 aromatic heterocycles. The van der Waals surface area contributed by atoms with Crippen LogP contribution in [-0.2, 0) is 23.8 Å². The number of hydrogen-bond acceptors (Lipinski definition) is 7. The van der Waals surface area contributed by atoms with Crippen molar-refractivity contribution in [2.45, 2.75) is 86.0 Å².